The number of hydrogen-bond donors (Lipinski definition) is 0. The molecular formula is C29H33ClN2O3S. The monoisotopic (exact) mass is 524 g/mol. The van der Waals surface area contributed by atoms with E-state index in [1.807, 2.05) is 48.2 Å². The number of rotatable bonds is 9. The van der Waals surface area contributed by atoms with Crippen LogP contribution in [0.25, 0.3) is 0 Å². The molecule has 0 N–H and O–H groups in total. The molecule has 7 heteroatoms. The number of amides is 2. The SMILES string of the molecule is CCC(C)CN(CC(=O)N1CCc2sccc2C1COc1ccc(Cl)c(C)c1)C(=O)c1ccccc1. The molecule has 36 heavy (non-hydrogen) atoms. The van der Waals surface area contributed by atoms with Crippen molar-refractivity contribution >= 4 is 34.8 Å². The number of carbonyl (C=O) groups is 2. The number of halogens is 1. The molecule has 0 radical (unpaired) electrons. The Kier molecular flexibility index (Phi) is 8.70. The fourth-order valence-corrected chi connectivity index (χ4v) is 5.54. The van der Waals surface area contributed by atoms with Gasteiger partial charge in [0.15, 0.2) is 0 Å². The van der Waals surface area contributed by atoms with E-state index in [0.29, 0.717) is 36.2 Å². The Morgan fingerprint density at radius 1 is 1.19 bits per heavy atom. The minimum Gasteiger partial charge on any atom is -0.491 e. The number of thiophene rings is 1. The lowest BCUT2D eigenvalue weighted by atomic mass is 10.00. The fourth-order valence-electron chi connectivity index (χ4n) is 4.50. The van der Waals surface area contributed by atoms with E-state index in [9.17, 15) is 9.59 Å². The fraction of sp³-hybridized carbons (Fsp3) is 0.379. The average Bonchev–Trinajstić information content (AvgIpc) is 3.38. The molecule has 190 valence electrons. The Bertz CT molecular complexity index is 1200. The molecule has 1 aliphatic heterocycles. The largest absolute Gasteiger partial charge is 0.491 e. The standard InChI is InChI=1S/C29H33ClN2O3S/c1-4-20(2)17-31(29(34)22-8-6-5-7-9-22)18-28(33)32-14-12-27-24(13-15-36-27)26(32)19-35-23-10-11-25(30)21(3)16-23/h5-11,13,15-16,20,26H,4,12,14,17-19H2,1-3H3. The van der Waals surface area contributed by atoms with Crippen LogP contribution in [0, 0.1) is 12.8 Å². The molecule has 2 unspecified atom stereocenters. The summed E-state index contributed by atoms with van der Waals surface area (Å²) in [4.78, 5) is 32.0. The molecule has 0 aliphatic carbocycles. The van der Waals surface area contributed by atoms with Crippen molar-refractivity contribution in [2.45, 2.75) is 39.7 Å². The molecule has 0 spiro atoms. The number of aryl methyl sites for hydroxylation is 1. The maximum atomic E-state index is 13.7. The first kappa shape index (κ1) is 26.2. The second kappa shape index (κ2) is 11.9. The van der Waals surface area contributed by atoms with Gasteiger partial charge in [-0.3, -0.25) is 9.59 Å². The van der Waals surface area contributed by atoms with Crippen molar-refractivity contribution in [3.63, 3.8) is 0 Å². The van der Waals surface area contributed by atoms with Crippen molar-refractivity contribution < 1.29 is 14.3 Å². The first-order valence-electron chi connectivity index (χ1n) is 12.5. The van der Waals surface area contributed by atoms with E-state index in [-0.39, 0.29) is 24.4 Å². The van der Waals surface area contributed by atoms with Crippen molar-refractivity contribution in [1.29, 1.82) is 0 Å². The first-order valence-corrected chi connectivity index (χ1v) is 13.7. The smallest absolute Gasteiger partial charge is 0.254 e. The van der Waals surface area contributed by atoms with Crippen LogP contribution in [-0.4, -0.2) is 47.9 Å². The second-order valence-electron chi connectivity index (χ2n) is 9.44. The van der Waals surface area contributed by atoms with Gasteiger partial charge < -0.3 is 14.5 Å². The van der Waals surface area contributed by atoms with Gasteiger partial charge in [-0.15, -0.1) is 11.3 Å². The Labute approximate surface area is 222 Å². The lowest BCUT2D eigenvalue weighted by Crippen LogP contribution is -2.48. The number of ether oxygens (including phenoxy) is 1. The van der Waals surface area contributed by atoms with Crippen LogP contribution in [0.4, 0.5) is 0 Å². The summed E-state index contributed by atoms with van der Waals surface area (Å²) in [6.45, 7) is 7.70. The number of carbonyl (C=O) groups excluding carboxylic acids is 2. The molecule has 5 nitrogen and oxygen atoms in total. The summed E-state index contributed by atoms with van der Waals surface area (Å²) in [6.07, 6.45) is 1.75. The third-order valence-corrected chi connectivity index (χ3v) is 8.24. The lowest BCUT2D eigenvalue weighted by Gasteiger charge is -2.37. The van der Waals surface area contributed by atoms with Gasteiger partial charge in [0.1, 0.15) is 18.9 Å². The Morgan fingerprint density at radius 2 is 1.97 bits per heavy atom. The summed E-state index contributed by atoms with van der Waals surface area (Å²) in [5, 5.41) is 2.77. The highest BCUT2D eigenvalue weighted by molar-refractivity contribution is 7.10. The minimum absolute atomic E-state index is 0.0497. The molecule has 0 fully saturated rings. The molecule has 1 aliphatic rings. The number of nitrogens with zero attached hydrogens (tertiary/aromatic N) is 2. The zero-order chi connectivity index (χ0) is 25.7. The predicted molar refractivity (Wildman–Crippen MR) is 146 cm³/mol. The van der Waals surface area contributed by atoms with Crippen LogP contribution in [0.2, 0.25) is 5.02 Å². The van der Waals surface area contributed by atoms with Crippen LogP contribution in [-0.2, 0) is 11.2 Å². The third kappa shape index (κ3) is 6.11. The molecule has 2 atom stereocenters. The van der Waals surface area contributed by atoms with Crippen LogP contribution in [0.1, 0.15) is 52.7 Å². The third-order valence-electron chi connectivity index (χ3n) is 6.82. The average molecular weight is 525 g/mol. The molecule has 4 rings (SSSR count). The number of fused-ring (bicyclic) bond motifs is 1. The summed E-state index contributed by atoms with van der Waals surface area (Å²) in [5.41, 5.74) is 2.68. The van der Waals surface area contributed by atoms with E-state index in [4.69, 9.17) is 16.3 Å². The van der Waals surface area contributed by atoms with Gasteiger partial charge in [-0.05, 0) is 72.2 Å². The first-order chi connectivity index (χ1) is 17.4. The van der Waals surface area contributed by atoms with Crippen LogP contribution < -0.4 is 4.74 Å². The van der Waals surface area contributed by atoms with Crippen molar-refractivity contribution in [2.24, 2.45) is 5.92 Å². The Morgan fingerprint density at radius 3 is 2.69 bits per heavy atom. The molecule has 3 aromatic rings. The van der Waals surface area contributed by atoms with E-state index in [2.05, 4.69) is 25.3 Å². The van der Waals surface area contributed by atoms with E-state index in [1.165, 1.54) is 4.88 Å². The molecule has 0 saturated carbocycles. The van der Waals surface area contributed by atoms with Gasteiger partial charge in [-0.25, -0.2) is 0 Å². The maximum absolute atomic E-state index is 13.7. The Hall–Kier alpha value is -2.83. The van der Waals surface area contributed by atoms with Crippen molar-refractivity contribution in [3.8, 4) is 5.75 Å². The quantitative estimate of drug-likeness (QED) is 0.325. The molecule has 0 bridgehead atoms. The highest BCUT2D eigenvalue weighted by Gasteiger charge is 2.34. The van der Waals surface area contributed by atoms with Crippen LogP contribution >= 0.6 is 22.9 Å². The zero-order valence-corrected chi connectivity index (χ0v) is 22.6. The highest BCUT2D eigenvalue weighted by Crippen LogP contribution is 2.34. The minimum atomic E-state index is -0.208. The predicted octanol–water partition coefficient (Wildman–Crippen LogP) is 6.40. The normalized spacial score (nSPS) is 15.8. The molecule has 2 amide bonds. The van der Waals surface area contributed by atoms with E-state index in [0.717, 1.165) is 29.7 Å². The van der Waals surface area contributed by atoms with Gasteiger partial charge in [0.25, 0.3) is 5.91 Å². The molecule has 1 aromatic heterocycles. The van der Waals surface area contributed by atoms with Crippen LogP contribution in [0.3, 0.4) is 0 Å². The van der Waals surface area contributed by atoms with Crippen LogP contribution in [0.15, 0.2) is 60.0 Å². The van der Waals surface area contributed by atoms with E-state index >= 15 is 0 Å². The van der Waals surface area contributed by atoms with E-state index in [1.54, 1.807) is 28.4 Å². The summed E-state index contributed by atoms with van der Waals surface area (Å²) in [6, 6.07) is 16.7. The topological polar surface area (TPSA) is 49.9 Å². The summed E-state index contributed by atoms with van der Waals surface area (Å²) in [7, 11) is 0. The molecular weight excluding hydrogens is 492 g/mol. The van der Waals surface area contributed by atoms with Crippen LogP contribution in [0.5, 0.6) is 5.75 Å². The Balaban J connectivity index is 1.54. The highest BCUT2D eigenvalue weighted by atomic mass is 35.5. The van der Waals surface area contributed by atoms with E-state index < -0.39 is 0 Å². The van der Waals surface area contributed by atoms with Gasteiger partial charge >= 0.3 is 0 Å². The maximum Gasteiger partial charge on any atom is 0.254 e. The lowest BCUT2D eigenvalue weighted by molar-refractivity contribution is -0.135. The zero-order valence-electron chi connectivity index (χ0n) is 21.1. The molecule has 0 saturated heterocycles. The summed E-state index contributed by atoms with van der Waals surface area (Å²) in [5.74, 6) is 0.856. The van der Waals surface area contributed by atoms with Gasteiger partial charge in [-0.2, -0.15) is 0 Å². The summed E-state index contributed by atoms with van der Waals surface area (Å²) < 4.78 is 6.16. The van der Waals surface area contributed by atoms with Crippen molar-refractivity contribution in [2.75, 3.05) is 26.2 Å². The second-order valence-corrected chi connectivity index (χ2v) is 10.8. The molecule has 2 aromatic carbocycles. The molecule has 2 heterocycles. The van der Waals surface area contributed by atoms with Crippen molar-refractivity contribution in [1.82, 2.24) is 9.80 Å². The number of benzene rings is 2. The van der Waals surface area contributed by atoms with Gasteiger partial charge in [0, 0.05) is 28.6 Å². The summed E-state index contributed by atoms with van der Waals surface area (Å²) >= 11 is 7.89. The van der Waals surface area contributed by atoms with Gasteiger partial charge in [-0.1, -0.05) is 50.1 Å². The number of hydrogen-bond acceptors (Lipinski definition) is 4. The van der Waals surface area contributed by atoms with Gasteiger partial charge in [0.05, 0.1) is 6.04 Å². The van der Waals surface area contributed by atoms with Crippen molar-refractivity contribution in [3.05, 3.63) is 86.6 Å². The van der Waals surface area contributed by atoms with Gasteiger partial charge in [0.2, 0.25) is 5.91 Å².